The molecule has 1 atom stereocenters. The van der Waals surface area contributed by atoms with Crippen LogP contribution in [0.15, 0.2) is 12.1 Å². The highest BCUT2D eigenvalue weighted by Crippen LogP contribution is 2.22. The van der Waals surface area contributed by atoms with E-state index in [-0.39, 0.29) is 0 Å². The predicted molar refractivity (Wildman–Crippen MR) is 79.6 cm³/mol. The van der Waals surface area contributed by atoms with Gasteiger partial charge in [-0.15, -0.1) is 0 Å². The highest BCUT2D eigenvalue weighted by molar-refractivity contribution is 7.92. The van der Waals surface area contributed by atoms with Crippen molar-refractivity contribution >= 4 is 21.4 Å². The molecular weight excluding hydrogens is 278 g/mol. The maximum atomic E-state index is 12.1. The van der Waals surface area contributed by atoms with Crippen LogP contribution in [0.1, 0.15) is 23.6 Å². The summed E-state index contributed by atoms with van der Waals surface area (Å²) < 4.78 is 23.5. The van der Waals surface area contributed by atoms with Gasteiger partial charge in [0.1, 0.15) is 5.25 Å². The number of aliphatic hydroxyl groups is 1. The van der Waals surface area contributed by atoms with Crippen LogP contribution >= 0.6 is 0 Å². The topological polar surface area (TPSA) is 83.5 Å². The second-order valence-electron chi connectivity index (χ2n) is 5.00. The number of carbonyl (C=O) groups excluding carboxylic acids is 1. The summed E-state index contributed by atoms with van der Waals surface area (Å²) in [5.41, 5.74) is 3.51. The molecule has 0 spiro atoms. The first-order valence-electron chi connectivity index (χ1n) is 6.40. The number of aliphatic hydroxyl groups excluding tert-OH is 1. The van der Waals surface area contributed by atoms with Crippen LogP contribution in [0, 0.1) is 20.8 Å². The fraction of sp³-hybridized carbons (Fsp3) is 0.500. The number of sulfone groups is 1. The zero-order valence-corrected chi connectivity index (χ0v) is 13.0. The quantitative estimate of drug-likeness (QED) is 0.859. The summed E-state index contributed by atoms with van der Waals surface area (Å²) in [4.78, 5) is 12.1. The lowest BCUT2D eigenvalue weighted by Gasteiger charge is -2.16. The van der Waals surface area contributed by atoms with Crippen LogP contribution in [0.4, 0.5) is 5.69 Å². The summed E-state index contributed by atoms with van der Waals surface area (Å²) in [6, 6.07) is 3.85. The third-order valence-corrected chi connectivity index (χ3v) is 5.25. The van der Waals surface area contributed by atoms with Gasteiger partial charge in [0.25, 0.3) is 0 Å². The van der Waals surface area contributed by atoms with Gasteiger partial charge in [-0.2, -0.15) is 0 Å². The first-order chi connectivity index (χ1) is 9.19. The summed E-state index contributed by atoms with van der Waals surface area (Å²) in [5, 5.41) is 10.2. The first-order valence-corrected chi connectivity index (χ1v) is 8.11. The SMILES string of the molecule is Cc1cc(C)c(NC(=O)C(C)S(=O)(=O)CCO)c(C)c1. The van der Waals surface area contributed by atoms with Crippen molar-refractivity contribution in [2.45, 2.75) is 32.9 Å². The van der Waals surface area contributed by atoms with Crippen molar-refractivity contribution in [2.24, 2.45) is 0 Å². The molecule has 1 aromatic rings. The summed E-state index contributed by atoms with van der Waals surface area (Å²) >= 11 is 0. The average molecular weight is 299 g/mol. The lowest BCUT2D eigenvalue weighted by molar-refractivity contribution is -0.115. The molecule has 1 rings (SSSR count). The molecule has 0 aliphatic carbocycles. The van der Waals surface area contributed by atoms with Crippen molar-refractivity contribution in [1.82, 2.24) is 0 Å². The number of nitrogens with one attached hydrogen (secondary N) is 1. The third-order valence-electron chi connectivity index (χ3n) is 3.21. The van der Waals surface area contributed by atoms with E-state index < -0.39 is 33.4 Å². The van der Waals surface area contributed by atoms with E-state index in [0.29, 0.717) is 5.69 Å². The molecule has 0 fully saturated rings. The predicted octanol–water partition coefficient (Wildman–Crippen LogP) is 1.35. The maximum Gasteiger partial charge on any atom is 0.242 e. The van der Waals surface area contributed by atoms with Crippen LogP contribution in [0.2, 0.25) is 0 Å². The van der Waals surface area contributed by atoms with E-state index in [1.807, 2.05) is 32.9 Å². The van der Waals surface area contributed by atoms with Crippen LogP contribution in [-0.4, -0.2) is 37.0 Å². The molecule has 0 saturated heterocycles. The zero-order valence-electron chi connectivity index (χ0n) is 12.2. The minimum absolute atomic E-state index is 0.409. The zero-order chi connectivity index (χ0) is 15.5. The Kier molecular flexibility index (Phi) is 5.30. The fourth-order valence-corrected chi connectivity index (χ4v) is 3.06. The molecule has 0 radical (unpaired) electrons. The highest BCUT2D eigenvalue weighted by atomic mass is 32.2. The second-order valence-corrected chi connectivity index (χ2v) is 7.44. The summed E-state index contributed by atoms with van der Waals surface area (Å²) in [5.74, 6) is -0.985. The molecule has 1 aromatic carbocycles. The molecule has 0 aliphatic rings. The van der Waals surface area contributed by atoms with Gasteiger partial charge >= 0.3 is 0 Å². The van der Waals surface area contributed by atoms with E-state index >= 15 is 0 Å². The Morgan fingerprint density at radius 3 is 2.20 bits per heavy atom. The van der Waals surface area contributed by atoms with E-state index in [4.69, 9.17) is 5.11 Å². The average Bonchev–Trinajstić information content (AvgIpc) is 2.32. The lowest BCUT2D eigenvalue weighted by Crippen LogP contribution is -2.35. The van der Waals surface area contributed by atoms with Gasteiger partial charge in [0, 0.05) is 5.69 Å². The summed E-state index contributed by atoms with van der Waals surface area (Å²) in [7, 11) is -3.63. The minimum atomic E-state index is -3.63. The van der Waals surface area contributed by atoms with Crippen LogP contribution in [-0.2, 0) is 14.6 Å². The maximum absolute atomic E-state index is 12.1. The van der Waals surface area contributed by atoms with E-state index in [1.165, 1.54) is 6.92 Å². The molecule has 0 aromatic heterocycles. The molecule has 1 unspecified atom stereocenters. The fourth-order valence-electron chi connectivity index (χ4n) is 2.07. The number of benzene rings is 1. The smallest absolute Gasteiger partial charge is 0.242 e. The van der Waals surface area contributed by atoms with Crippen molar-refractivity contribution in [2.75, 3.05) is 17.7 Å². The molecule has 5 nitrogen and oxygen atoms in total. The first kappa shape index (κ1) is 16.7. The number of amides is 1. The van der Waals surface area contributed by atoms with Gasteiger partial charge in [-0.25, -0.2) is 8.42 Å². The Labute approximate surface area is 119 Å². The normalized spacial score (nSPS) is 13.1. The van der Waals surface area contributed by atoms with E-state index in [9.17, 15) is 13.2 Å². The number of carbonyl (C=O) groups is 1. The van der Waals surface area contributed by atoms with E-state index in [1.54, 1.807) is 0 Å². The Bertz CT molecular complexity index is 585. The Balaban J connectivity index is 2.98. The van der Waals surface area contributed by atoms with Gasteiger partial charge in [0.05, 0.1) is 12.4 Å². The van der Waals surface area contributed by atoms with Crippen LogP contribution < -0.4 is 5.32 Å². The van der Waals surface area contributed by atoms with Gasteiger partial charge in [-0.05, 0) is 38.8 Å². The largest absolute Gasteiger partial charge is 0.395 e. The van der Waals surface area contributed by atoms with Crippen molar-refractivity contribution < 1.29 is 18.3 Å². The molecule has 20 heavy (non-hydrogen) atoms. The Morgan fingerprint density at radius 2 is 1.75 bits per heavy atom. The van der Waals surface area contributed by atoms with Gasteiger partial charge < -0.3 is 10.4 Å². The number of anilines is 1. The molecule has 2 N–H and O–H groups in total. The molecule has 112 valence electrons. The Morgan fingerprint density at radius 1 is 1.25 bits per heavy atom. The van der Waals surface area contributed by atoms with Crippen molar-refractivity contribution in [1.29, 1.82) is 0 Å². The van der Waals surface area contributed by atoms with Crippen molar-refractivity contribution in [3.05, 3.63) is 28.8 Å². The number of hydrogen-bond donors (Lipinski definition) is 2. The van der Waals surface area contributed by atoms with Gasteiger partial charge in [-0.1, -0.05) is 17.7 Å². The number of aryl methyl sites for hydroxylation is 3. The van der Waals surface area contributed by atoms with E-state index in [0.717, 1.165) is 16.7 Å². The molecule has 0 aliphatic heterocycles. The minimum Gasteiger partial charge on any atom is -0.395 e. The van der Waals surface area contributed by atoms with Gasteiger partial charge in [0.15, 0.2) is 9.84 Å². The van der Waals surface area contributed by atoms with Crippen molar-refractivity contribution in [3.8, 4) is 0 Å². The van der Waals surface area contributed by atoms with E-state index in [2.05, 4.69) is 5.32 Å². The summed E-state index contributed by atoms with van der Waals surface area (Å²) in [6.07, 6.45) is 0. The lowest BCUT2D eigenvalue weighted by atomic mass is 10.1. The third kappa shape index (κ3) is 3.80. The number of rotatable bonds is 5. The molecule has 0 saturated carbocycles. The molecule has 1 amide bonds. The molecular formula is C14H21NO4S. The van der Waals surface area contributed by atoms with Gasteiger partial charge in [-0.3, -0.25) is 4.79 Å². The summed E-state index contributed by atoms with van der Waals surface area (Å²) in [6.45, 7) is 6.53. The number of hydrogen-bond acceptors (Lipinski definition) is 4. The van der Waals surface area contributed by atoms with Crippen LogP contribution in [0.5, 0.6) is 0 Å². The molecule has 0 heterocycles. The monoisotopic (exact) mass is 299 g/mol. The van der Waals surface area contributed by atoms with Gasteiger partial charge in [0.2, 0.25) is 5.91 Å². The second kappa shape index (κ2) is 6.37. The molecule has 0 bridgehead atoms. The molecule has 6 heteroatoms. The highest BCUT2D eigenvalue weighted by Gasteiger charge is 2.27. The Hall–Kier alpha value is -1.40. The van der Waals surface area contributed by atoms with Crippen LogP contribution in [0.3, 0.4) is 0 Å². The van der Waals surface area contributed by atoms with Crippen LogP contribution in [0.25, 0.3) is 0 Å². The standard InChI is InChI=1S/C14H21NO4S/c1-9-7-10(2)13(11(3)8-9)15-14(17)12(4)20(18,19)6-5-16/h7-8,12,16H,5-6H2,1-4H3,(H,15,17). The van der Waals surface area contributed by atoms with Crippen molar-refractivity contribution in [3.63, 3.8) is 0 Å².